The Morgan fingerprint density at radius 3 is 2.56 bits per heavy atom. The first-order valence-corrected chi connectivity index (χ1v) is 6.78. The Labute approximate surface area is 95.6 Å². The van der Waals surface area contributed by atoms with Crippen LogP contribution in [0.25, 0.3) is 0 Å². The van der Waals surface area contributed by atoms with Crippen molar-refractivity contribution in [3.8, 4) is 0 Å². The zero-order valence-electron chi connectivity index (χ0n) is 9.40. The highest BCUT2D eigenvalue weighted by molar-refractivity contribution is 7.91. The molecule has 0 aliphatic rings. The Bertz CT molecular complexity index is 445. The molecule has 1 aromatic rings. The molecule has 0 amide bonds. The van der Waals surface area contributed by atoms with Gasteiger partial charge in [0, 0.05) is 12.1 Å². The second kappa shape index (κ2) is 5.41. The molecular weight excluding hydrogens is 229 g/mol. The predicted molar refractivity (Wildman–Crippen MR) is 61.9 cm³/mol. The van der Waals surface area contributed by atoms with Crippen LogP contribution >= 0.6 is 0 Å². The lowest BCUT2D eigenvalue weighted by Crippen LogP contribution is -2.16. The zero-order valence-corrected chi connectivity index (χ0v) is 10.2. The van der Waals surface area contributed by atoms with Crippen molar-refractivity contribution in [2.24, 2.45) is 0 Å². The Hall–Kier alpha value is -0.940. The molecule has 1 unspecified atom stereocenters. The average Bonchev–Trinajstić information content (AvgIpc) is 2.29. The van der Waals surface area contributed by atoms with Crippen LogP contribution in [-0.4, -0.2) is 27.8 Å². The maximum atomic E-state index is 13.7. The second-order valence-corrected chi connectivity index (χ2v) is 5.71. The van der Waals surface area contributed by atoms with Gasteiger partial charge in [-0.1, -0.05) is 25.1 Å². The molecule has 0 spiro atoms. The largest absolute Gasteiger partial charge is 0.317 e. The van der Waals surface area contributed by atoms with Crippen molar-refractivity contribution in [1.29, 1.82) is 0 Å². The van der Waals surface area contributed by atoms with E-state index in [4.69, 9.17) is 0 Å². The minimum absolute atomic E-state index is 0.0176. The molecule has 3 nitrogen and oxygen atoms in total. The average molecular weight is 245 g/mol. The predicted octanol–water partition coefficient (Wildman–Crippen LogP) is 1.71. The number of rotatable bonds is 5. The van der Waals surface area contributed by atoms with Crippen LogP contribution in [0.15, 0.2) is 29.2 Å². The SMILES string of the molecule is CCS(=O)(=O)c1ccccc1C(F)CNC. The molecule has 0 fully saturated rings. The number of halogens is 1. The summed E-state index contributed by atoms with van der Waals surface area (Å²) < 4.78 is 37.2. The summed E-state index contributed by atoms with van der Waals surface area (Å²) in [4.78, 5) is 0.0975. The summed E-state index contributed by atoms with van der Waals surface area (Å²) in [7, 11) is -1.73. The molecule has 1 aromatic carbocycles. The van der Waals surface area contributed by atoms with Crippen molar-refractivity contribution in [3.05, 3.63) is 29.8 Å². The lowest BCUT2D eigenvalue weighted by atomic mass is 10.1. The number of likely N-dealkylation sites (N-methyl/N-ethyl adjacent to an activating group) is 1. The van der Waals surface area contributed by atoms with E-state index in [0.29, 0.717) is 0 Å². The van der Waals surface area contributed by atoms with E-state index in [1.54, 1.807) is 26.1 Å². The van der Waals surface area contributed by atoms with Crippen LogP contribution in [-0.2, 0) is 9.84 Å². The zero-order chi connectivity index (χ0) is 12.2. The minimum Gasteiger partial charge on any atom is -0.317 e. The van der Waals surface area contributed by atoms with Gasteiger partial charge >= 0.3 is 0 Å². The minimum atomic E-state index is -3.36. The summed E-state index contributed by atoms with van der Waals surface area (Å²) in [5.74, 6) is -0.0176. The van der Waals surface area contributed by atoms with E-state index in [-0.39, 0.29) is 22.8 Å². The molecule has 0 heterocycles. The van der Waals surface area contributed by atoms with Gasteiger partial charge in [0.25, 0.3) is 0 Å². The summed E-state index contributed by atoms with van der Waals surface area (Å²) in [6.45, 7) is 1.66. The number of hydrogen-bond donors (Lipinski definition) is 1. The van der Waals surface area contributed by atoms with Crippen molar-refractivity contribution in [1.82, 2.24) is 5.32 Å². The monoisotopic (exact) mass is 245 g/mol. The van der Waals surface area contributed by atoms with E-state index in [0.717, 1.165) is 0 Å². The molecule has 0 aromatic heterocycles. The molecule has 5 heteroatoms. The number of benzene rings is 1. The molecular formula is C11H16FNO2S. The summed E-state index contributed by atoms with van der Waals surface area (Å²) in [5, 5.41) is 2.69. The fraction of sp³-hybridized carbons (Fsp3) is 0.455. The molecule has 0 aliphatic heterocycles. The van der Waals surface area contributed by atoms with Gasteiger partial charge in [-0.25, -0.2) is 12.8 Å². The standard InChI is InChI=1S/C11H16FNO2S/c1-3-16(14,15)11-7-5-4-6-9(11)10(12)8-13-2/h4-7,10,13H,3,8H2,1-2H3. The van der Waals surface area contributed by atoms with Gasteiger partial charge in [-0.3, -0.25) is 0 Å². The van der Waals surface area contributed by atoms with Crippen molar-refractivity contribution in [2.75, 3.05) is 19.3 Å². The molecule has 0 aliphatic carbocycles. The fourth-order valence-electron chi connectivity index (χ4n) is 1.47. The van der Waals surface area contributed by atoms with Gasteiger partial charge in [-0.15, -0.1) is 0 Å². The Morgan fingerprint density at radius 2 is 2.00 bits per heavy atom. The molecule has 1 N–H and O–H groups in total. The molecule has 1 rings (SSSR count). The quantitative estimate of drug-likeness (QED) is 0.859. The number of nitrogens with one attached hydrogen (secondary N) is 1. The Balaban J connectivity index is 3.20. The lowest BCUT2D eigenvalue weighted by molar-refractivity contribution is 0.330. The topological polar surface area (TPSA) is 46.2 Å². The lowest BCUT2D eigenvalue weighted by Gasteiger charge is -2.12. The third-order valence-corrected chi connectivity index (χ3v) is 4.16. The van der Waals surface area contributed by atoms with E-state index < -0.39 is 16.0 Å². The van der Waals surface area contributed by atoms with Gasteiger partial charge in [0.05, 0.1) is 10.6 Å². The van der Waals surface area contributed by atoms with Crippen molar-refractivity contribution in [3.63, 3.8) is 0 Å². The van der Waals surface area contributed by atoms with Crippen molar-refractivity contribution < 1.29 is 12.8 Å². The van der Waals surface area contributed by atoms with Gasteiger partial charge in [0.2, 0.25) is 0 Å². The second-order valence-electron chi connectivity index (χ2n) is 3.47. The first kappa shape index (κ1) is 13.1. The third kappa shape index (κ3) is 2.80. The van der Waals surface area contributed by atoms with Crippen LogP contribution < -0.4 is 5.32 Å². The molecule has 90 valence electrons. The van der Waals surface area contributed by atoms with Crippen LogP contribution in [0.2, 0.25) is 0 Å². The van der Waals surface area contributed by atoms with Crippen LogP contribution in [0, 0.1) is 0 Å². The van der Waals surface area contributed by atoms with E-state index in [9.17, 15) is 12.8 Å². The van der Waals surface area contributed by atoms with E-state index in [1.165, 1.54) is 12.1 Å². The molecule has 16 heavy (non-hydrogen) atoms. The Kier molecular flexibility index (Phi) is 4.44. The first-order chi connectivity index (χ1) is 7.53. The van der Waals surface area contributed by atoms with Crippen molar-refractivity contribution in [2.45, 2.75) is 18.0 Å². The van der Waals surface area contributed by atoms with E-state index in [1.807, 2.05) is 0 Å². The fourth-order valence-corrected chi connectivity index (χ4v) is 2.62. The van der Waals surface area contributed by atoms with Gasteiger partial charge in [0.1, 0.15) is 6.17 Å². The number of hydrogen-bond acceptors (Lipinski definition) is 3. The summed E-state index contributed by atoms with van der Waals surface area (Å²) in [6.07, 6.45) is -1.30. The molecule has 0 saturated carbocycles. The maximum absolute atomic E-state index is 13.7. The highest BCUT2D eigenvalue weighted by Crippen LogP contribution is 2.25. The van der Waals surface area contributed by atoms with Crippen LogP contribution in [0.5, 0.6) is 0 Å². The van der Waals surface area contributed by atoms with Gasteiger partial charge in [-0.2, -0.15) is 0 Å². The first-order valence-electron chi connectivity index (χ1n) is 5.13. The van der Waals surface area contributed by atoms with E-state index >= 15 is 0 Å². The normalized spacial score (nSPS) is 13.7. The molecule has 0 saturated heterocycles. The third-order valence-electron chi connectivity index (χ3n) is 2.35. The van der Waals surface area contributed by atoms with Gasteiger partial charge in [-0.05, 0) is 13.1 Å². The van der Waals surface area contributed by atoms with Crippen LogP contribution in [0.1, 0.15) is 18.7 Å². The summed E-state index contributed by atoms with van der Waals surface area (Å²) in [6, 6.07) is 6.23. The summed E-state index contributed by atoms with van der Waals surface area (Å²) >= 11 is 0. The van der Waals surface area contributed by atoms with Gasteiger partial charge in [0.15, 0.2) is 9.84 Å². The molecule has 1 atom stereocenters. The maximum Gasteiger partial charge on any atom is 0.178 e. The summed E-state index contributed by atoms with van der Waals surface area (Å²) in [5.41, 5.74) is 0.235. The highest BCUT2D eigenvalue weighted by Gasteiger charge is 2.21. The number of alkyl halides is 1. The Morgan fingerprint density at radius 1 is 1.38 bits per heavy atom. The highest BCUT2D eigenvalue weighted by atomic mass is 32.2. The smallest absolute Gasteiger partial charge is 0.178 e. The number of sulfone groups is 1. The van der Waals surface area contributed by atoms with Crippen LogP contribution in [0.3, 0.4) is 0 Å². The van der Waals surface area contributed by atoms with Gasteiger partial charge < -0.3 is 5.32 Å². The van der Waals surface area contributed by atoms with Crippen LogP contribution in [0.4, 0.5) is 4.39 Å². The molecule has 0 radical (unpaired) electrons. The van der Waals surface area contributed by atoms with E-state index in [2.05, 4.69) is 5.32 Å². The van der Waals surface area contributed by atoms with Crippen molar-refractivity contribution >= 4 is 9.84 Å². The molecule has 0 bridgehead atoms.